The van der Waals surface area contributed by atoms with Crippen LogP contribution < -0.4 is 0 Å². The molecule has 1 aromatic rings. The van der Waals surface area contributed by atoms with Crippen LogP contribution in [-0.2, 0) is 16.1 Å². The Morgan fingerprint density at radius 2 is 2.00 bits per heavy atom. The summed E-state index contributed by atoms with van der Waals surface area (Å²) in [6.45, 7) is -0.983. The summed E-state index contributed by atoms with van der Waals surface area (Å²) in [5, 5.41) is 9.96. The van der Waals surface area contributed by atoms with Gasteiger partial charge in [-0.25, -0.2) is 8.78 Å². The molecule has 126 valence electrons. The van der Waals surface area contributed by atoms with Crippen LogP contribution in [-0.4, -0.2) is 42.9 Å². The fourth-order valence-electron chi connectivity index (χ4n) is 2.24. The lowest BCUT2D eigenvalue weighted by Gasteiger charge is -2.25. The summed E-state index contributed by atoms with van der Waals surface area (Å²) in [5.74, 6) is 0. The van der Waals surface area contributed by atoms with Crippen molar-refractivity contribution in [1.82, 2.24) is 0 Å². The molecule has 0 spiro atoms. The molecule has 0 radical (unpaired) electrons. The smallest absolute Gasteiger partial charge is 0.156 e. The van der Waals surface area contributed by atoms with Gasteiger partial charge in [-0.1, -0.05) is 48.6 Å². The largest absolute Gasteiger partial charge is 0.388 e. The van der Waals surface area contributed by atoms with E-state index in [4.69, 9.17) is 9.47 Å². The van der Waals surface area contributed by atoms with Crippen LogP contribution in [0.3, 0.4) is 0 Å². The van der Waals surface area contributed by atoms with Crippen LogP contribution in [0.4, 0.5) is 8.78 Å². The van der Waals surface area contributed by atoms with Gasteiger partial charge in [0.2, 0.25) is 0 Å². The van der Waals surface area contributed by atoms with Crippen molar-refractivity contribution in [2.24, 2.45) is 0 Å². The zero-order valence-electron chi connectivity index (χ0n) is 12.9. The average molecular weight is 324 g/mol. The molecule has 0 amide bonds. The summed E-state index contributed by atoms with van der Waals surface area (Å²) in [5.41, 5.74) is -0.675. The summed E-state index contributed by atoms with van der Waals surface area (Å²) in [7, 11) is 0. The SMILES string of the molecule is OC(COCC1(F)C=CC=CC1)C(CF)OCc1ccccc1. The molecule has 1 N–H and O–H groups in total. The quantitative estimate of drug-likeness (QED) is 0.758. The third-order valence-electron chi connectivity index (χ3n) is 3.62. The zero-order valence-corrected chi connectivity index (χ0v) is 12.9. The summed E-state index contributed by atoms with van der Waals surface area (Å²) in [4.78, 5) is 0. The number of aliphatic hydroxyl groups excluding tert-OH is 1. The molecule has 0 bridgehead atoms. The highest BCUT2D eigenvalue weighted by molar-refractivity contribution is 5.18. The number of allylic oxidation sites excluding steroid dienone is 3. The van der Waals surface area contributed by atoms with Gasteiger partial charge < -0.3 is 14.6 Å². The summed E-state index contributed by atoms with van der Waals surface area (Å²) >= 11 is 0. The Balaban J connectivity index is 1.73. The highest BCUT2D eigenvalue weighted by Crippen LogP contribution is 2.23. The molecule has 0 aliphatic heterocycles. The van der Waals surface area contributed by atoms with E-state index in [-0.39, 0.29) is 26.2 Å². The molecule has 3 nitrogen and oxygen atoms in total. The lowest BCUT2D eigenvalue weighted by molar-refractivity contribution is -0.0935. The number of hydrogen-bond acceptors (Lipinski definition) is 3. The number of halogens is 2. The van der Waals surface area contributed by atoms with Crippen LogP contribution >= 0.6 is 0 Å². The third kappa shape index (κ3) is 5.86. The fraction of sp³-hybridized carbons (Fsp3) is 0.444. The Bertz CT molecular complexity index is 518. The van der Waals surface area contributed by atoms with Gasteiger partial charge in [-0.3, -0.25) is 0 Å². The molecule has 0 saturated heterocycles. The van der Waals surface area contributed by atoms with Crippen molar-refractivity contribution >= 4 is 0 Å². The molecule has 0 saturated carbocycles. The molecule has 1 aliphatic carbocycles. The third-order valence-corrected chi connectivity index (χ3v) is 3.62. The van der Waals surface area contributed by atoms with Crippen molar-refractivity contribution in [3.63, 3.8) is 0 Å². The molecule has 0 heterocycles. The van der Waals surface area contributed by atoms with E-state index in [1.807, 2.05) is 30.3 Å². The normalized spacial score (nSPS) is 22.9. The van der Waals surface area contributed by atoms with Crippen LogP contribution in [0.1, 0.15) is 12.0 Å². The molecule has 1 aromatic carbocycles. The lowest BCUT2D eigenvalue weighted by Crippen LogP contribution is -2.37. The van der Waals surface area contributed by atoms with Gasteiger partial charge in [0.15, 0.2) is 5.67 Å². The number of rotatable bonds is 9. The maximum absolute atomic E-state index is 14.2. The first-order chi connectivity index (χ1) is 11.1. The average Bonchev–Trinajstić information content (AvgIpc) is 2.57. The Morgan fingerprint density at radius 1 is 1.22 bits per heavy atom. The maximum Gasteiger partial charge on any atom is 0.156 e. The molecular formula is C18H22F2O3. The van der Waals surface area contributed by atoms with E-state index < -0.39 is 24.6 Å². The number of benzene rings is 1. The minimum absolute atomic E-state index is 0.174. The van der Waals surface area contributed by atoms with Gasteiger partial charge in [0.1, 0.15) is 18.9 Å². The van der Waals surface area contributed by atoms with Crippen LogP contribution in [0.15, 0.2) is 54.6 Å². The second-order valence-electron chi connectivity index (χ2n) is 5.60. The van der Waals surface area contributed by atoms with Gasteiger partial charge >= 0.3 is 0 Å². The fourth-order valence-corrected chi connectivity index (χ4v) is 2.24. The molecule has 0 fully saturated rings. The molecule has 3 unspecified atom stereocenters. The van der Waals surface area contributed by atoms with Crippen LogP contribution in [0.5, 0.6) is 0 Å². The maximum atomic E-state index is 14.2. The second-order valence-corrected chi connectivity index (χ2v) is 5.60. The van der Waals surface area contributed by atoms with Crippen LogP contribution in [0, 0.1) is 0 Å². The standard InChI is InChI=1S/C18H22F2O3/c19-11-17(23-12-15-7-3-1-4-8-15)16(21)13-22-14-18(20)9-5-2-6-10-18/h1-9,16-17,21H,10-14H2. The minimum Gasteiger partial charge on any atom is -0.388 e. The first-order valence-electron chi connectivity index (χ1n) is 7.63. The monoisotopic (exact) mass is 324 g/mol. The number of aliphatic hydroxyl groups is 1. The van der Waals surface area contributed by atoms with Gasteiger partial charge in [0, 0.05) is 6.42 Å². The summed E-state index contributed by atoms with van der Waals surface area (Å²) in [6, 6.07) is 9.30. The topological polar surface area (TPSA) is 38.7 Å². The number of hydrogen-bond donors (Lipinski definition) is 1. The molecule has 2 rings (SSSR count). The predicted molar refractivity (Wildman–Crippen MR) is 84.6 cm³/mol. The molecule has 23 heavy (non-hydrogen) atoms. The van der Waals surface area contributed by atoms with Gasteiger partial charge in [0.05, 0.1) is 19.8 Å². The zero-order chi connectivity index (χ0) is 16.5. The highest BCUT2D eigenvalue weighted by atomic mass is 19.1. The van der Waals surface area contributed by atoms with Crippen molar-refractivity contribution in [2.45, 2.75) is 30.9 Å². The van der Waals surface area contributed by atoms with Crippen molar-refractivity contribution in [1.29, 1.82) is 0 Å². The van der Waals surface area contributed by atoms with E-state index in [1.54, 1.807) is 18.2 Å². The Labute approximate surface area is 135 Å². The first-order valence-corrected chi connectivity index (χ1v) is 7.63. The van der Waals surface area contributed by atoms with Crippen LogP contribution in [0.25, 0.3) is 0 Å². The number of ether oxygens (including phenoxy) is 2. The van der Waals surface area contributed by atoms with E-state index in [0.29, 0.717) is 0 Å². The molecule has 5 heteroatoms. The van der Waals surface area contributed by atoms with E-state index in [9.17, 15) is 13.9 Å². The molecule has 0 aromatic heterocycles. The lowest BCUT2D eigenvalue weighted by atomic mass is 9.98. The first kappa shape index (κ1) is 17.8. The van der Waals surface area contributed by atoms with Gasteiger partial charge in [-0.15, -0.1) is 0 Å². The van der Waals surface area contributed by atoms with Gasteiger partial charge in [0.25, 0.3) is 0 Å². The molecule has 3 atom stereocenters. The predicted octanol–water partition coefficient (Wildman–Crippen LogP) is 3.14. The van der Waals surface area contributed by atoms with Gasteiger partial charge in [-0.05, 0) is 11.6 Å². The summed E-state index contributed by atoms with van der Waals surface area (Å²) < 4.78 is 37.9. The van der Waals surface area contributed by atoms with E-state index in [2.05, 4.69) is 0 Å². The Morgan fingerprint density at radius 3 is 2.65 bits per heavy atom. The van der Waals surface area contributed by atoms with Crippen molar-refractivity contribution in [3.8, 4) is 0 Å². The van der Waals surface area contributed by atoms with E-state index in [0.717, 1.165) is 5.56 Å². The Hall–Kier alpha value is -1.56. The molecule has 1 aliphatic rings. The molecular weight excluding hydrogens is 302 g/mol. The number of alkyl halides is 2. The summed E-state index contributed by atoms with van der Waals surface area (Å²) in [6.07, 6.45) is 4.63. The van der Waals surface area contributed by atoms with E-state index >= 15 is 0 Å². The van der Waals surface area contributed by atoms with Gasteiger partial charge in [-0.2, -0.15) is 0 Å². The minimum atomic E-state index is -1.56. The van der Waals surface area contributed by atoms with E-state index in [1.165, 1.54) is 6.08 Å². The van der Waals surface area contributed by atoms with Crippen molar-refractivity contribution in [2.75, 3.05) is 19.9 Å². The van der Waals surface area contributed by atoms with Crippen LogP contribution in [0.2, 0.25) is 0 Å². The second kappa shape index (κ2) is 8.91. The highest BCUT2D eigenvalue weighted by Gasteiger charge is 2.28. The van der Waals surface area contributed by atoms with Crippen molar-refractivity contribution < 1.29 is 23.4 Å². The Kier molecular flexibility index (Phi) is 6.89. The van der Waals surface area contributed by atoms with Crippen molar-refractivity contribution in [3.05, 3.63) is 60.2 Å².